The predicted octanol–water partition coefficient (Wildman–Crippen LogP) is 1.39. The van der Waals surface area contributed by atoms with Gasteiger partial charge in [-0.15, -0.1) is 0 Å². The Bertz CT molecular complexity index is 237. The molecule has 0 aliphatic carbocycles. The summed E-state index contributed by atoms with van der Waals surface area (Å²) in [4.78, 5) is 0. The van der Waals surface area contributed by atoms with Crippen LogP contribution < -0.4 is 0 Å². The van der Waals surface area contributed by atoms with Crippen LogP contribution in [0.15, 0.2) is 6.20 Å². The van der Waals surface area contributed by atoms with Crippen LogP contribution in [0.3, 0.4) is 0 Å². The molecule has 0 atom stereocenters. The summed E-state index contributed by atoms with van der Waals surface area (Å²) in [6.45, 7) is 3.32. The first-order valence-electron chi connectivity index (χ1n) is 3.95. The molecule has 0 bridgehead atoms. The fourth-order valence-corrected chi connectivity index (χ4v) is 1.62. The zero-order valence-electron chi connectivity index (χ0n) is 6.30. The highest BCUT2D eigenvalue weighted by atomic mass is 15.3. The molecule has 2 rings (SSSR count). The fraction of sp³-hybridized carbons (Fsp3) is 0.625. The number of aryl methyl sites for hydroxylation is 2. The molecule has 0 aromatic carbocycles. The molecule has 0 amide bonds. The van der Waals surface area contributed by atoms with Crippen LogP contribution in [0.1, 0.15) is 24.6 Å². The third-order valence-electron chi connectivity index (χ3n) is 2.20. The summed E-state index contributed by atoms with van der Waals surface area (Å²) in [5.74, 6) is 0. The summed E-state index contributed by atoms with van der Waals surface area (Å²) in [5.41, 5.74) is 2.92. The number of hydrogen-bond donors (Lipinski definition) is 0. The first-order chi connectivity index (χ1) is 4.92. The second-order valence-corrected chi connectivity index (χ2v) is 2.80. The maximum Gasteiger partial charge on any atom is 0.0524 e. The van der Waals surface area contributed by atoms with E-state index in [0.717, 1.165) is 13.0 Å². The minimum absolute atomic E-state index is 1.13. The van der Waals surface area contributed by atoms with Crippen molar-refractivity contribution in [1.82, 2.24) is 9.78 Å². The average Bonchev–Trinajstić information content (AvgIpc) is 2.44. The Balaban J connectivity index is 2.44. The van der Waals surface area contributed by atoms with Crippen molar-refractivity contribution < 1.29 is 0 Å². The number of rotatable bonds is 1. The Morgan fingerprint density at radius 1 is 1.70 bits per heavy atom. The van der Waals surface area contributed by atoms with Crippen molar-refractivity contribution in [2.24, 2.45) is 0 Å². The van der Waals surface area contributed by atoms with Gasteiger partial charge in [-0.25, -0.2) is 0 Å². The lowest BCUT2D eigenvalue weighted by molar-refractivity contribution is 0.656. The topological polar surface area (TPSA) is 17.8 Å². The van der Waals surface area contributed by atoms with E-state index < -0.39 is 0 Å². The molecule has 0 spiro atoms. The lowest BCUT2D eigenvalue weighted by Gasteiger charge is -1.93. The molecule has 54 valence electrons. The van der Waals surface area contributed by atoms with Gasteiger partial charge in [-0.05, 0) is 24.8 Å². The molecule has 0 unspecified atom stereocenters. The summed E-state index contributed by atoms with van der Waals surface area (Å²) < 4.78 is 2.14. The van der Waals surface area contributed by atoms with Crippen molar-refractivity contribution in [3.05, 3.63) is 17.5 Å². The van der Waals surface area contributed by atoms with Crippen LogP contribution in [0, 0.1) is 0 Å². The van der Waals surface area contributed by atoms with Crippen LogP contribution in [-0.4, -0.2) is 9.78 Å². The highest BCUT2D eigenvalue weighted by Gasteiger charge is 2.13. The van der Waals surface area contributed by atoms with E-state index in [0.29, 0.717) is 0 Å². The van der Waals surface area contributed by atoms with Gasteiger partial charge < -0.3 is 0 Å². The maximum absolute atomic E-state index is 4.28. The molecule has 0 radical (unpaired) electrons. The normalized spacial score (nSPS) is 15.7. The first-order valence-corrected chi connectivity index (χ1v) is 3.95. The summed E-state index contributed by atoms with van der Waals surface area (Å²) in [6, 6.07) is 0. The molecule has 1 aliphatic rings. The number of hydrogen-bond acceptors (Lipinski definition) is 1. The number of aromatic nitrogens is 2. The average molecular weight is 136 g/mol. The molecule has 1 aromatic rings. The summed E-state index contributed by atoms with van der Waals surface area (Å²) in [6.07, 6.45) is 5.67. The molecule has 0 saturated carbocycles. The van der Waals surface area contributed by atoms with Crippen molar-refractivity contribution in [3.8, 4) is 0 Å². The van der Waals surface area contributed by atoms with Crippen LogP contribution in [-0.2, 0) is 19.4 Å². The van der Waals surface area contributed by atoms with E-state index >= 15 is 0 Å². The number of nitrogens with zero attached hydrogens (tertiary/aromatic N) is 2. The molecule has 1 aliphatic heterocycles. The van der Waals surface area contributed by atoms with Crippen molar-refractivity contribution in [1.29, 1.82) is 0 Å². The molecule has 2 heteroatoms. The van der Waals surface area contributed by atoms with Crippen LogP contribution in [0.4, 0.5) is 0 Å². The van der Waals surface area contributed by atoms with Crippen LogP contribution in [0.25, 0.3) is 0 Å². The van der Waals surface area contributed by atoms with E-state index in [2.05, 4.69) is 16.7 Å². The monoisotopic (exact) mass is 136 g/mol. The Morgan fingerprint density at radius 3 is 3.40 bits per heavy atom. The molecule has 0 saturated heterocycles. The zero-order chi connectivity index (χ0) is 6.97. The molecule has 1 aromatic heterocycles. The van der Waals surface area contributed by atoms with Gasteiger partial charge in [0.2, 0.25) is 0 Å². The first kappa shape index (κ1) is 5.96. The Morgan fingerprint density at radius 2 is 2.60 bits per heavy atom. The van der Waals surface area contributed by atoms with Crippen LogP contribution in [0.5, 0.6) is 0 Å². The second-order valence-electron chi connectivity index (χ2n) is 2.80. The van der Waals surface area contributed by atoms with Crippen LogP contribution >= 0.6 is 0 Å². The molecule has 0 N–H and O–H groups in total. The van der Waals surface area contributed by atoms with Crippen molar-refractivity contribution in [3.63, 3.8) is 0 Å². The molecular weight excluding hydrogens is 124 g/mol. The third kappa shape index (κ3) is 0.681. The van der Waals surface area contributed by atoms with Gasteiger partial charge >= 0.3 is 0 Å². The van der Waals surface area contributed by atoms with Gasteiger partial charge in [0.25, 0.3) is 0 Å². The highest BCUT2D eigenvalue weighted by molar-refractivity contribution is 5.19. The van der Waals surface area contributed by atoms with E-state index in [4.69, 9.17) is 0 Å². The second kappa shape index (κ2) is 2.11. The smallest absolute Gasteiger partial charge is 0.0524 e. The van der Waals surface area contributed by atoms with E-state index in [1.807, 2.05) is 6.20 Å². The predicted molar refractivity (Wildman–Crippen MR) is 39.9 cm³/mol. The quantitative estimate of drug-likeness (QED) is 0.570. The van der Waals surface area contributed by atoms with E-state index in [9.17, 15) is 0 Å². The van der Waals surface area contributed by atoms with E-state index in [-0.39, 0.29) is 0 Å². The van der Waals surface area contributed by atoms with Crippen molar-refractivity contribution >= 4 is 0 Å². The van der Waals surface area contributed by atoms with Gasteiger partial charge in [-0.2, -0.15) is 5.10 Å². The Hall–Kier alpha value is -0.790. The molecule has 2 heterocycles. The Labute approximate surface area is 60.9 Å². The molecule has 10 heavy (non-hydrogen) atoms. The molecular formula is C8H12N2. The minimum atomic E-state index is 1.13. The SMILES string of the molecule is CCc1cnn2c1CCC2. The maximum atomic E-state index is 4.28. The van der Waals surface area contributed by atoms with Gasteiger partial charge in [-0.3, -0.25) is 4.68 Å². The third-order valence-corrected chi connectivity index (χ3v) is 2.20. The standard InChI is InChI=1S/C8H12N2/c1-2-7-6-9-10-5-3-4-8(7)10/h6H,2-5H2,1H3. The van der Waals surface area contributed by atoms with Gasteiger partial charge in [0.15, 0.2) is 0 Å². The molecule has 0 fully saturated rings. The summed E-state index contributed by atoms with van der Waals surface area (Å²) >= 11 is 0. The Kier molecular flexibility index (Phi) is 1.26. The molecule has 2 nitrogen and oxygen atoms in total. The van der Waals surface area contributed by atoms with Gasteiger partial charge in [-0.1, -0.05) is 6.92 Å². The number of fused-ring (bicyclic) bond motifs is 1. The summed E-state index contributed by atoms with van der Waals surface area (Å²) in [7, 11) is 0. The van der Waals surface area contributed by atoms with Crippen LogP contribution in [0.2, 0.25) is 0 Å². The van der Waals surface area contributed by atoms with Gasteiger partial charge in [0, 0.05) is 12.2 Å². The van der Waals surface area contributed by atoms with E-state index in [1.165, 1.54) is 24.1 Å². The van der Waals surface area contributed by atoms with Gasteiger partial charge in [0.05, 0.1) is 6.20 Å². The summed E-state index contributed by atoms with van der Waals surface area (Å²) in [5, 5.41) is 4.28. The highest BCUT2D eigenvalue weighted by Crippen LogP contribution is 2.17. The fourth-order valence-electron chi connectivity index (χ4n) is 1.62. The minimum Gasteiger partial charge on any atom is -0.269 e. The lowest BCUT2D eigenvalue weighted by Crippen LogP contribution is -1.93. The lowest BCUT2D eigenvalue weighted by atomic mass is 10.1. The van der Waals surface area contributed by atoms with Crippen molar-refractivity contribution in [2.45, 2.75) is 32.7 Å². The van der Waals surface area contributed by atoms with Gasteiger partial charge in [0.1, 0.15) is 0 Å². The van der Waals surface area contributed by atoms with E-state index in [1.54, 1.807) is 0 Å². The van der Waals surface area contributed by atoms with Crippen molar-refractivity contribution in [2.75, 3.05) is 0 Å². The largest absolute Gasteiger partial charge is 0.269 e. The zero-order valence-corrected chi connectivity index (χ0v) is 6.30.